The van der Waals surface area contributed by atoms with Gasteiger partial charge in [0.05, 0.1) is 16.8 Å². The van der Waals surface area contributed by atoms with Crippen molar-refractivity contribution in [2.24, 2.45) is 4.99 Å². The molecule has 2 heterocycles. The molecule has 2 aromatic carbocycles. The first kappa shape index (κ1) is 22.9. The lowest BCUT2D eigenvalue weighted by atomic mass is 10.1. The number of nitrogens with two attached hydrogens (primary N) is 1. The van der Waals surface area contributed by atoms with Gasteiger partial charge in [-0.25, -0.2) is 14.4 Å². The third kappa shape index (κ3) is 4.61. The molecule has 4 rings (SSSR count). The molecule has 1 unspecified atom stereocenters. The van der Waals surface area contributed by atoms with Crippen molar-refractivity contribution in [3.05, 3.63) is 41.3 Å². The molecule has 0 radical (unpaired) electrons. The summed E-state index contributed by atoms with van der Waals surface area (Å²) in [6.45, 7) is 10.4. The molecule has 1 aromatic heterocycles. The molecule has 0 bridgehead atoms. The number of phenolic OH excluding ortho intramolecular Hbond substituents is 1. The maximum absolute atomic E-state index is 14.5. The summed E-state index contributed by atoms with van der Waals surface area (Å²) in [6.07, 6.45) is 2.54. The van der Waals surface area contributed by atoms with Crippen molar-refractivity contribution in [2.45, 2.75) is 45.7 Å². The molecular weight excluding hydrogens is 419 g/mol. The van der Waals surface area contributed by atoms with Gasteiger partial charge in [-0.3, -0.25) is 4.99 Å². The number of fused-ring (bicyclic) bond motifs is 1. The van der Waals surface area contributed by atoms with Crippen LogP contribution in [0.4, 0.5) is 15.8 Å². The Morgan fingerprint density at radius 1 is 1.27 bits per heavy atom. The van der Waals surface area contributed by atoms with E-state index in [9.17, 15) is 9.50 Å². The van der Waals surface area contributed by atoms with Crippen LogP contribution >= 0.6 is 0 Å². The number of aromatic nitrogens is 2. The van der Waals surface area contributed by atoms with Gasteiger partial charge in [-0.15, -0.1) is 0 Å². The highest BCUT2D eigenvalue weighted by Gasteiger charge is 2.26. The molecule has 0 spiro atoms. The van der Waals surface area contributed by atoms with E-state index in [0.717, 1.165) is 41.8 Å². The number of nitrogen functional groups attached to an aromatic ring is 1. The molecule has 1 atom stereocenters. The molecule has 1 aliphatic heterocycles. The Morgan fingerprint density at radius 2 is 2.03 bits per heavy atom. The summed E-state index contributed by atoms with van der Waals surface area (Å²) >= 11 is 0. The highest BCUT2D eigenvalue weighted by atomic mass is 19.1. The van der Waals surface area contributed by atoms with Crippen molar-refractivity contribution in [1.82, 2.24) is 15.3 Å². The summed E-state index contributed by atoms with van der Waals surface area (Å²) in [7, 11) is 1.57. The third-order valence-corrected chi connectivity index (χ3v) is 5.88. The van der Waals surface area contributed by atoms with Gasteiger partial charge in [-0.2, -0.15) is 0 Å². The second-order valence-corrected chi connectivity index (χ2v) is 9.64. The van der Waals surface area contributed by atoms with Gasteiger partial charge >= 0.3 is 0 Å². The summed E-state index contributed by atoms with van der Waals surface area (Å²) in [4.78, 5) is 15.5. The van der Waals surface area contributed by atoms with Crippen LogP contribution in [-0.2, 0) is 0 Å². The fourth-order valence-electron chi connectivity index (χ4n) is 4.40. The van der Waals surface area contributed by atoms with E-state index in [4.69, 9.17) is 5.73 Å². The van der Waals surface area contributed by atoms with E-state index in [-0.39, 0.29) is 22.6 Å². The van der Waals surface area contributed by atoms with Gasteiger partial charge in [0, 0.05) is 60.3 Å². The molecule has 1 aliphatic rings. The lowest BCUT2D eigenvalue weighted by Crippen LogP contribution is -2.44. The summed E-state index contributed by atoms with van der Waals surface area (Å²) in [5, 5.41) is 15.0. The van der Waals surface area contributed by atoms with Crippen LogP contribution < -0.4 is 16.0 Å². The molecule has 0 aliphatic carbocycles. The first-order chi connectivity index (χ1) is 15.6. The third-order valence-electron chi connectivity index (χ3n) is 5.88. The maximum atomic E-state index is 14.5. The summed E-state index contributed by atoms with van der Waals surface area (Å²) in [6, 6.07) is 8.11. The normalized spacial score (nSPS) is 16.9. The lowest BCUT2D eigenvalue weighted by molar-refractivity contribution is 0.373. The number of anilines is 2. The van der Waals surface area contributed by atoms with Gasteiger partial charge in [-0.1, -0.05) is 0 Å². The first-order valence-electron chi connectivity index (χ1n) is 11.1. The molecule has 33 heavy (non-hydrogen) atoms. The molecule has 8 heteroatoms. The first-order valence-corrected chi connectivity index (χ1v) is 11.1. The van der Waals surface area contributed by atoms with Crippen molar-refractivity contribution in [1.29, 1.82) is 0 Å². The van der Waals surface area contributed by atoms with E-state index in [1.807, 2.05) is 13.0 Å². The van der Waals surface area contributed by atoms with Gasteiger partial charge in [0.2, 0.25) is 0 Å². The van der Waals surface area contributed by atoms with Gasteiger partial charge < -0.3 is 21.1 Å². The van der Waals surface area contributed by atoms with Crippen LogP contribution in [0.25, 0.3) is 22.3 Å². The van der Waals surface area contributed by atoms with Crippen LogP contribution in [-0.4, -0.2) is 53.0 Å². The Morgan fingerprint density at radius 3 is 2.73 bits per heavy atom. The number of benzene rings is 2. The molecule has 3 aromatic rings. The number of hydrogen-bond acceptors (Lipinski definition) is 7. The topological polar surface area (TPSA) is 99.7 Å². The highest BCUT2D eigenvalue weighted by Crippen LogP contribution is 2.36. The van der Waals surface area contributed by atoms with E-state index in [1.54, 1.807) is 13.1 Å². The van der Waals surface area contributed by atoms with Crippen molar-refractivity contribution in [2.75, 3.05) is 30.8 Å². The standard InChI is InChI=1S/C25H31FN6O/c1-14-18-11-17(32-9-8-16(13-32)31-25(2,3)4)6-7-20(18)30-24(29-14)19-10-15(12-28-5)22(27)21(26)23(19)33/h6-7,10-12,16,31,33H,8-9,13,27H2,1-5H3. The molecule has 0 saturated carbocycles. The Kier molecular flexibility index (Phi) is 5.97. The van der Waals surface area contributed by atoms with Crippen LogP contribution in [0, 0.1) is 12.7 Å². The summed E-state index contributed by atoms with van der Waals surface area (Å²) in [5.41, 5.74) is 8.86. The fraction of sp³-hybridized carbons (Fsp3) is 0.400. The van der Waals surface area contributed by atoms with E-state index in [1.165, 1.54) is 6.21 Å². The zero-order chi connectivity index (χ0) is 23.9. The zero-order valence-corrected chi connectivity index (χ0v) is 19.8. The Labute approximate surface area is 193 Å². The summed E-state index contributed by atoms with van der Waals surface area (Å²) in [5.74, 6) is -1.22. The van der Waals surface area contributed by atoms with E-state index in [2.05, 4.69) is 58.1 Å². The van der Waals surface area contributed by atoms with E-state index in [0.29, 0.717) is 11.6 Å². The van der Waals surface area contributed by atoms with Gasteiger partial charge in [0.1, 0.15) is 0 Å². The van der Waals surface area contributed by atoms with Gasteiger partial charge in [0.25, 0.3) is 0 Å². The largest absolute Gasteiger partial charge is 0.504 e. The van der Waals surface area contributed by atoms with Gasteiger partial charge in [0.15, 0.2) is 17.4 Å². The second-order valence-electron chi connectivity index (χ2n) is 9.64. The number of halogens is 1. The number of nitrogens with zero attached hydrogens (tertiary/aromatic N) is 4. The molecule has 1 fully saturated rings. The minimum absolute atomic E-state index is 0.0842. The van der Waals surface area contributed by atoms with Crippen molar-refractivity contribution >= 4 is 28.5 Å². The van der Waals surface area contributed by atoms with Crippen molar-refractivity contribution in [3.63, 3.8) is 0 Å². The number of rotatable bonds is 4. The Balaban J connectivity index is 1.69. The molecule has 0 amide bonds. The number of nitrogens with one attached hydrogen (secondary N) is 1. The molecule has 174 valence electrons. The molecule has 7 nitrogen and oxygen atoms in total. The quantitative estimate of drug-likeness (QED) is 0.410. The number of phenols is 1. The molecule has 1 saturated heterocycles. The smallest absolute Gasteiger partial charge is 0.189 e. The van der Waals surface area contributed by atoms with E-state index >= 15 is 0 Å². The van der Waals surface area contributed by atoms with Crippen LogP contribution in [0.1, 0.15) is 38.4 Å². The molecule has 4 N–H and O–H groups in total. The zero-order valence-electron chi connectivity index (χ0n) is 19.8. The van der Waals surface area contributed by atoms with E-state index < -0.39 is 11.6 Å². The number of aromatic hydroxyl groups is 1. The van der Waals surface area contributed by atoms with Gasteiger partial charge in [-0.05, 0) is 58.4 Å². The predicted molar refractivity (Wildman–Crippen MR) is 133 cm³/mol. The highest BCUT2D eigenvalue weighted by molar-refractivity contribution is 5.92. The fourth-order valence-corrected chi connectivity index (χ4v) is 4.40. The number of aryl methyl sites for hydroxylation is 1. The van der Waals surface area contributed by atoms with Crippen molar-refractivity contribution in [3.8, 4) is 17.1 Å². The van der Waals surface area contributed by atoms with Crippen LogP contribution in [0.5, 0.6) is 5.75 Å². The minimum Gasteiger partial charge on any atom is -0.504 e. The average molecular weight is 451 g/mol. The lowest BCUT2D eigenvalue weighted by Gasteiger charge is -2.26. The SMILES string of the molecule is CN=Cc1cc(-c2nc(C)c3cc(N4CCC(NC(C)(C)C)C4)ccc3n2)c(O)c(F)c1N. The van der Waals surface area contributed by atoms with Crippen molar-refractivity contribution < 1.29 is 9.50 Å². The predicted octanol–water partition coefficient (Wildman–Crippen LogP) is 4.05. The van der Waals surface area contributed by atoms with Crippen LogP contribution in [0.2, 0.25) is 0 Å². The monoisotopic (exact) mass is 450 g/mol. The maximum Gasteiger partial charge on any atom is 0.189 e. The average Bonchev–Trinajstić information content (AvgIpc) is 3.20. The summed E-state index contributed by atoms with van der Waals surface area (Å²) < 4.78 is 14.5. The molecular formula is C25H31FN6O. The minimum atomic E-state index is -0.897. The van der Waals surface area contributed by atoms with Crippen LogP contribution in [0.15, 0.2) is 29.3 Å². The number of aliphatic imine (C=N–C) groups is 1. The number of hydrogen-bond donors (Lipinski definition) is 3. The Hall–Kier alpha value is -3.26. The second kappa shape index (κ2) is 8.59. The van der Waals surface area contributed by atoms with Crippen LogP contribution in [0.3, 0.4) is 0 Å². The Bertz CT molecular complexity index is 1230.